The molecule has 0 saturated heterocycles. The number of hydrogen-bond acceptors (Lipinski definition) is 3. The molecule has 0 unspecified atom stereocenters. The Morgan fingerprint density at radius 2 is 2.35 bits per heavy atom. The van der Waals surface area contributed by atoms with Crippen molar-refractivity contribution < 1.29 is 9.53 Å². The summed E-state index contributed by atoms with van der Waals surface area (Å²) in [5.41, 5.74) is 0.488. The molecule has 4 nitrogen and oxygen atoms in total. The van der Waals surface area contributed by atoms with E-state index in [0.717, 1.165) is 12.8 Å². The van der Waals surface area contributed by atoms with Gasteiger partial charge in [-0.25, -0.2) is 4.98 Å². The molecule has 1 saturated carbocycles. The predicted molar refractivity (Wildman–Crippen MR) is 67.9 cm³/mol. The number of amides is 1. The Balaban J connectivity index is 2.10. The van der Waals surface area contributed by atoms with Gasteiger partial charge in [-0.3, -0.25) is 4.79 Å². The van der Waals surface area contributed by atoms with Gasteiger partial charge in [0, 0.05) is 19.7 Å². The molecule has 1 aromatic heterocycles. The molecule has 0 bridgehead atoms. The second-order valence-electron chi connectivity index (χ2n) is 4.07. The lowest BCUT2D eigenvalue weighted by atomic mass is 10.3. The molecule has 0 aromatic carbocycles. The molecular weight excluding hydrogens is 284 g/mol. The quantitative estimate of drug-likeness (QED) is 0.782. The highest BCUT2D eigenvalue weighted by molar-refractivity contribution is 9.10. The van der Waals surface area contributed by atoms with E-state index in [1.807, 2.05) is 17.0 Å². The van der Waals surface area contributed by atoms with Crippen molar-refractivity contribution in [1.29, 1.82) is 0 Å². The minimum Gasteiger partial charge on any atom is -0.383 e. The van der Waals surface area contributed by atoms with Crippen molar-refractivity contribution in [1.82, 2.24) is 9.88 Å². The molecule has 0 atom stereocenters. The van der Waals surface area contributed by atoms with Gasteiger partial charge in [0.2, 0.25) is 0 Å². The number of hydrogen-bond donors (Lipinski definition) is 0. The Bertz CT molecular complexity index is 407. The Hall–Kier alpha value is -0.940. The summed E-state index contributed by atoms with van der Waals surface area (Å²) in [6, 6.07) is 5.76. The topological polar surface area (TPSA) is 42.4 Å². The van der Waals surface area contributed by atoms with Gasteiger partial charge in [-0.15, -0.1) is 0 Å². The van der Waals surface area contributed by atoms with E-state index >= 15 is 0 Å². The third-order valence-corrected chi connectivity index (χ3v) is 3.16. The fourth-order valence-corrected chi connectivity index (χ4v) is 2.04. The van der Waals surface area contributed by atoms with Gasteiger partial charge >= 0.3 is 0 Å². The summed E-state index contributed by atoms with van der Waals surface area (Å²) in [6.45, 7) is 1.20. The minimum absolute atomic E-state index is 0.00847. The first-order chi connectivity index (χ1) is 8.22. The molecule has 17 heavy (non-hydrogen) atoms. The molecule has 0 spiro atoms. The summed E-state index contributed by atoms with van der Waals surface area (Å²) >= 11 is 3.28. The van der Waals surface area contributed by atoms with E-state index in [9.17, 15) is 4.79 Å². The molecular formula is C12H15BrN2O2. The maximum absolute atomic E-state index is 12.3. The third-order valence-electron chi connectivity index (χ3n) is 2.72. The summed E-state index contributed by atoms with van der Waals surface area (Å²) < 4.78 is 5.72. The normalized spacial score (nSPS) is 14.7. The van der Waals surface area contributed by atoms with Crippen molar-refractivity contribution >= 4 is 21.8 Å². The minimum atomic E-state index is -0.00847. The summed E-state index contributed by atoms with van der Waals surface area (Å²) in [7, 11) is 1.65. The number of carbonyl (C=O) groups is 1. The summed E-state index contributed by atoms with van der Waals surface area (Å²) in [5, 5.41) is 0. The monoisotopic (exact) mass is 298 g/mol. The van der Waals surface area contributed by atoms with Gasteiger partial charge in [0.25, 0.3) is 5.91 Å². The standard InChI is InChI=1S/C12H15BrN2O2/c1-17-8-7-15(9-5-6-9)12(16)10-3-2-4-11(13)14-10/h2-4,9H,5-8H2,1H3. The van der Waals surface area contributed by atoms with Gasteiger partial charge in [0.15, 0.2) is 0 Å². The van der Waals surface area contributed by atoms with Crippen LogP contribution in [0.1, 0.15) is 23.3 Å². The highest BCUT2D eigenvalue weighted by Crippen LogP contribution is 2.27. The first-order valence-electron chi connectivity index (χ1n) is 5.65. The fourth-order valence-electron chi connectivity index (χ4n) is 1.70. The molecule has 1 aromatic rings. The van der Waals surface area contributed by atoms with Gasteiger partial charge < -0.3 is 9.64 Å². The summed E-state index contributed by atoms with van der Waals surface area (Å²) in [5.74, 6) is -0.00847. The third kappa shape index (κ3) is 3.26. The van der Waals surface area contributed by atoms with Crippen molar-refractivity contribution in [3.05, 3.63) is 28.5 Å². The Morgan fingerprint density at radius 1 is 1.59 bits per heavy atom. The Kier molecular flexibility index (Phi) is 4.12. The maximum atomic E-state index is 12.3. The predicted octanol–water partition coefficient (Wildman–Crippen LogP) is 2.10. The molecule has 5 heteroatoms. The van der Waals surface area contributed by atoms with Crippen molar-refractivity contribution in [3.63, 3.8) is 0 Å². The van der Waals surface area contributed by atoms with Crippen molar-refractivity contribution in [2.24, 2.45) is 0 Å². The molecule has 0 N–H and O–H groups in total. The lowest BCUT2D eigenvalue weighted by Gasteiger charge is -2.21. The molecule has 1 heterocycles. The number of ether oxygens (including phenoxy) is 1. The zero-order valence-corrected chi connectivity index (χ0v) is 11.3. The zero-order chi connectivity index (χ0) is 12.3. The summed E-state index contributed by atoms with van der Waals surface area (Å²) in [4.78, 5) is 18.3. The van der Waals surface area contributed by atoms with Gasteiger partial charge in [-0.05, 0) is 40.9 Å². The first-order valence-corrected chi connectivity index (χ1v) is 6.44. The van der Waals surface area contributed by atoms with E-state index in [1.165, 1.54) is 0 Å². The van der Waals surface area contributed by atoms with Crippen LogP contribution in [-0.2, 0) is 4.74 Å². The average Bonchev–Trinajstić information content (AvgIpc) is 3.14. The molecule has 92 valence electrons. The molecule has 1 fully saturated rings. The van der Waals surface area contributed by atoms with Crippen molar-refractivity contribution in [2.75, 3.05) is 20.3 Å². The van der Waals surface area contributed by atoms with Gasteiger partial charge in [-0.2, -0.15) is 0 Å². The molecule has 0 aliphatic heterocycles. The van der Waals surface area contributed by atoms with Crippen LogP contribution < -0.4 is 0 Å². The highest BCUT2D eigenvalue weighted by Gasteiger charge is 2.33. The molecule has 0 radical (unpaired) electrons. The van der Waals surface area contributed by atoms with Crippen LogP contribution in [-0.4, -0.2) is 42.1 Å². The van der Waals surface area contributed by atoms with E-state index in [4.69, 9.17) is 4.74 Å². The number of methoxy groups -OCH3 is 1. The number of carbonyl (C=O) groups excluding carboxylic acids is 1. The number of pyridine rings is 1. The van der Waals surface area contributed by atoms with Crippen molar-refractivity contribution in [2.45, 2.75) is 18.9 Å². The molecule has 1 aliphatic rings. The van der Waals surface area contributed by atoms with E-state index in [-0.39, 0.29) is 5.91 Å². The van der Waals surface area contributed by atoms with E-state index in [0.29, 0.717) is 29.5 Å². The zero-order valence-electron chi connectivity index (χ0n) is 9.73. The van der Waals surface area contributed by atoms with Crippen LogP contribution in [0.15, 0.2) is 22.8 Å². The van der Waals surface area contributed by atoms with Gasteiger partial charge in [0.1, 0.15) is 10.3 Å². The van der Waals surface area contributed by atoms with E-state index < -0.39 is 0 Å². The molecule has 1 aliphatic carbocycles. The highest BCUT2D eigenvalue weighted by atomic mass is 79.9. The van der Waals surface area contributed by atoms with E-state index in [2.05, 4.69) is 20.9 Å². The van der Waals surface area contributed by atoms with Crippen LogP contribution in [0.5, 0.6) is 0 Å². The van der Waals surface area contributed by atoms with E-state index in [1.54, 1.807) is 13.2 Å². The second-order valence-corrected chi connectivity index (χ2v) is 4.88. The maximum Gasteiger partial charge on any atom is 0.272 e. The number of aromatic nitrogens is 1. The molecule has 1 amide bonds. The second kappa shape index (κ2) is 5.60. The number of nitrogens with zero attached hydrogens (tertiary/aromatic N) is 2. The van der Waals surface area contributed by atoms with Crippen LogP contribution in [0.25, 0.3) is 0 Å². The molecule has 2 rings (SSSR count). The first kappa shape index (κ1) is 12.5. The number of rotatable bonds is 5. The fraction of sp³-hybridized carbons (Fsp3) is 0.500. The van der Waals surface area contributed by atoms with Crippen LogP contribution in [0.2, 0.25) is 0 Å². The largest absolute Gasteiger partial charge is 0.383 e. The van der Waals surface area contributed by atoms with Crippen LogP contribution in [0.4, 0.5) is 0 Å². The van der Waals surface area contributed by atoms with Crippen LogP contribution >= 0.6 is 15.9 Å². The van der Waals surface area contributed by atoms with Gasteiger partial charge in [-0.1, -0.05) is 6.07 Å². The van der Waals surface area contributed by atoms with Crippen molar-refractivity contribution in [3.8, 4) is 0 Å². The Morgan fingerprint density at radius 3 is 2.94 bits per heavy atom. The van der Waals surface area contributed by atoms with Gasteiger partial charge in [0.05, 0.1) is 6.61 Å². The smallest absolute Gasteiger partial charge is 0.272 e. The number of halogens is 1. The summed E-state index contributed by atoms with van der Waals surface area (Å²) in [6.07, 6.45) is 2.17. The lowest BCUT2D eigenvalue weighted by molar-refractivity contribution is 0.0674. The SMILES string of the molecule is COCCN(C(=O)c1cccc(Br)n1)C1CC1. The average molecular weight is 299 g/mol. The van der Waals surface area contributed by atoms with Crippen LogP contribution in [0.3, 0.4) is 0 Å². The lowest BCUT2D eigenvalue weighted by Crippen LogP contribution is -2.36. The van der Waals surface area contributed by atoms with Crippen LogP contribution in [0, 0.1) is 0 Å². The Labute approximate surface area is 109 Å².